The van der Waals surface area contributed by atoms with Crippen LogP contribution in [0.4, 0.5) is 8.78 Å². The highest BCUT2D eigenvalue weighted by Gasteiger charge is 2.16. The van der Waals surface area contributed by atoms with Crippen molar-refractivity contribution in [1.29, 1.82) is 0 Å². The van der Waals surface area contributed by atoms with E-state index in [0.717, 1.165) is 12.1 Å². The summed E-state index contributed by atoms with van der Waals surface area (Å²) in [6.07, 6.45) is -2.90. The number of carboxylic acid groups (broad SMARTS) is 1. The lowest BCUT2D eigenvalue weighted by atomic mass is 10.00. The molecule has 4 nitrogen and oxygen atoms in total. The van der Waals surface area contributed by atoms with Gasteiger partial charge in [0.05, 0.1) is 12.2 Å². The minimum absolute atomic E-state index is 0.00401. The maximum absolute atomic E-state index is 12.6. The fourth-order valence-electron chi connectivity index (χ4n) is 1.61. The van der Waals surface area contributed by atoms with E-state index < -0.39 is 18.4 Å². The van der Waals surface area contributed by atoms with Gasteiger partial charge >= 0.3 is 11.9 Å². The Labute approximate surface area is 109 Å². The summed E-state index contributed by atoms with van der Waals surface area (Å²) in [5, 5.41) is 8.62. The molecule has 0 amide bonds. The van der Waals surface area contributed by atoms with Crippen LogP contribution in [0.15, 0.2) is 18.2 Å². The third kappa shape index (κ3) is 4.31. The second-order valence-electron chi connectivity index (χ2n) is 3.83. The average molecular weight is 272 g/mol. The van der Waals surface area contributed by atoms with Crippen molar-refractivity contribution in [2.45, 2.75) is 26.2 Å². The van der Waals surface area contributed by atoms with E-state index in [1.165, 1.54) is 6.07 Å². The van der Waals surface area contributed by atoms with Gasteiger partial charge in [-0.2, -0.15) is 0 Å². The van der Waals surface area contributed by atoms with E-state index >= 15 is 0 Å². The lowest BCUT2D eigenvalue weighted by Crippen LogP contribution is -2.10. The molecule has 0 bridgehead atoms. The average Bonchev–Trinajstić information content (AvgIpc) is 2.36. The van der Waals surface area contributed by atoms with E-state index in [4.69, 9.17) is 9.84 Å². The smallest absolute Gasteiger partial charge is 0.338 e. The summed E-state index contributed by atoms with van der Waals surface area (Å²) < 4.78 is 30.0. The summed E-state index contributed by atoms with van der Waals surface area (Å²) in [6, 6.07) is 3.54. The van der Waals surface area contributed by atoms with E-state index in [1.54, 1.807) is 6.92 Å². The van der Waals surface area contributed by atoms with Crippen LogP contribution in [-0.4, -0.2) is 23.7 Å². The van der Waals surface area contributed by atoms with Crippen molar-refractivity contribution >= 4 is 11.9 Å². The molecule has 0 aliphatic rings. The standard InChI is InChI=1S/C13H14F2O4/c1-2-19-13(18)10-5-3-9(12(14)15)7-8(10)4-6-11(16)17/h3,5,7,12H,2,4,6H2,1H3,(H,16,17). The molecular weight excluding hydrogens is 258 g/mol. The van der Waals surface area contributed by atoms with Crippen molar-refractivity contribution in [1.82, 2.24) is 0 Å². The number of hydrogen-bond donors (Lipinski definition) is 1. The van der Waals surface area contributed by atoms with Crippen molar-refractivity contribution in [3.05, 3.63) is 34.9 Å². The Morgan fingerprint density at radius 3 is 2.58 bits per heavy atom. The highest BCUT2D eigenvalue weighted by atomic mass is 19.3. The van der Waals surface area contributed by atoms with E-state index in [1.807, 2.05) is 0 Å². The van der Waals surface area contributed by atoms with Gasteiger partial charge in [-0.05, 0) is 31.0 Å². The van der Waals surface area contributed by atoms with Crippen molar-refractivity contribution in [2.75, 3.05) is 6.61 Å². The summed E-state index contributed by atoms with van der Waals surface area (Å²) in [5.74, 6) is -1.69. The van der Waals surface area contributed by atoms with Gasteiger partial charge in [0.2, 0.25) is 0 Å². The molecule has 0 aliphatic carbocycles. The van der Waals surface area contributed by atoms with Crippen LogP contribution in [0.2, 0.25) is 0 Å². The number of carbonyl (C=O) groups is 2. The van der Waals surface area contributed by atoms with Gasteiger partial charge in [0.15, 0.2) is 0 Å². The molecular formula is C13H14F2O4. The maximum Gasteiger partial charge on any atom is 0.338 e. The SMILES string of the molecule is CCOC(=O)c1ccc(C(F)F)cc1CCC(=O)O. The predicted molar refractivity (Wildman–Crippen MR) is 63.3 cm³/mol. The van der Waals surface area contributed by atoms with Crippen LogP contribution < -0.4 is 0 Å². The zero-order chi connectivity index (χ0) is 14.4. The van der Waals surface area contributed by atoms with Gasteiger partial charge in [0.1, 0.15) is 0 Å². The van der Waals surface area contributed by atoms with Crippen LogP contribution in [0.5, 0.6) is 0 Å². The number of benzene rings is 1. The summed E-state index contributed by atoms with van der Waals surface area (Å²) in [5.41, 5.74) is 0.152. The molecule has 1 N–H and O–H groups in total. The van der Waals surface area contributed by atoms with E-state index in [9.17, 15) is 18.4 Å². The van der Waals surface area contributed by atoms with Gasteiger partial charge in [-0.25, -0.2) is 13.6 Å². The Bertz CT molecular complexity index is 472. The van der Waals surface area contributed by atoms with Gasteiger partial charge in [0.25, 0.3) is 6.43 Å². The number of carbonyl (C=O) groups excluding carboxylic acids is 1. The predicted octanol–water partition coefficient (Wildman–Crippen LogP) is 2.82. The van der Waals surface area contributed by atoms with Gasteiger partial charge in [0, 0.05) is 12.0 Å². The molecule has 19 heavy (non-hydrogen) atoms. The first-order valence-electron chi connectivity index (χ1n) is 5.75. The number of alkyl halides is 2. The first-order valence-corrected chi connectivity index (χ1v) is 5.75. The Hall–Kier alpha value is -1.98. The van der Waals surface area contributed by atoms with Crippen molar-refractivity contribution < 1.29 is 28.2 Å². The lowest BCUT2D eigenvalue weighted by molar-refractivity contribution is -0.136. The Morgan fingerprint density at radius 1 is 1.37 bits per heavy atom. The minimum Gasteiger partial charge on any atom is -0.481 e. The molecule has 0 fully saturated rings. The second-order valence-corrected chi connectivity index (χ2v) is 3.83. The minimum atomic E-state index is -2.67. The normalized spacial score (nSPS) is 10.5. The van der Waals surface area contributed by atoms with Crippen LogP contribution in [0, 0.1) is 0 Å². The molecule has 0 aromatic heterocycles. The van der Waals surface area contributed by atoms with Gasteiger partial charge in [-0.3, -0.25) is 4.79 Å². The van der Waals surface area contributed by atoms with Crippen LogP contribution in [0.1, 0.15) is 41.3 Å². The molecule has 0 atom stereocenters. The molecule has 1 aromatic rings. The molecule has 0 spiro atoms. The maximum atomic E-state index is 12.6. The van der Waals surface area contributed by atoms with Crippen molar-refractivity contribution in [3.63, 3.8) is 0 Å². The second kappa shape index (κ2) is 6.82. The summed E-state index contributed by atoms with van der Waals surface area (Å²) in [7, 11) is 0. The molecule has 0 heterocycles. The highest BCUT2D eigenvalue weighted by Crippen LogP contribution is 2.23. The fourth-order valence-corrected chi connectivity index (χ4v) is 1.61. The number of halogens is 2. The zero-order valence-corrected chi connectivity index (χ0v) is 10.4. The largest absolute Gasteiger partial charge is 0.481 e. The first-order chi connectivity index (χ1) is 8.95. The van der Waals surface area contributed by atoms with Crippen LogP contribution >= 0.6 is 0 Å². The summed E-state index contributed by atoms with van der Waals surface area (Å²) >= 11 is 0. The number of rotatable bonds is 6. The molecule has 0 unspecified atom stereocenters. The van der Waals surface area contributed by atoms with Gasteiger partial charge in [-0.1, -0.05) is 6.07 Å². The quantitative estimate of drug-likeness (QED) is 0.809. The molecule has 0 saturated heterocycles. The first kappa shape index (κ1) is 15.1. The van der Waals surface area contributed by atoms with Crippen molar-refractivity contribution in [2.24, 2.45) is 0 Å². The van der Waals surface area contributed by atoms with E-state index in [-0.39, 0.29) is 36.1 Å². The number of aryl methyl sites for hydroxylation is 1. The topological polar surface area (TPSA) is 63.6 Å². The van der Waals surface area contributed by atoms with E-state index in [0.29, 0.717) is 0 Å². The summed E-state index contributed by atoms with van der Waals surface area (Å²) in [6.45, 7) is 1.79. The van der Waals surface area contributed by atoms with Crippen LogP contribution in [0.3, 0.4) is 0 Å². The molecule has 6 heteroatoms. The number of esters is 1. The van der Waals surface area contributed by atoms with Crippen LogP contribution in [-0.2, 0) is 16.0 Å². The Kier molecular flexibility index (Phi) is 5.41. The number of hydrogen-bond acceptors (Lipinski definition) is 3. The summed E-state index contributed by atoms with van der Waals surface area (Å²) in [4.78, 5) is 22.2. The van der Waals surface area contributed by atoms with E-state index in [2.05, 4.69) is 0 Å². The number of ether oxygens (including phenoxy) is 1. The fraction of sp³-hybridized carbons (Fsp3) is 0.385. The molecule has 0 radical (unpaired) electrons. The number of aliphatic carboxylic acids is 1. The van der Waals surface area contributed by atoms with Crippen molar-refractivity contribution in [3.8, 4) is 0 Å². The van der Waals surface area contributed by atoms with Gasteiger partial charge < -0.3 is 9.84 Å². The monoisotopic (exact) mass is 272 g/mol. The Morgan fingerprint density at radius 2 is 2.05 bits per heavy atom. The third-order valence-electron chi connectivity index (χ3n) is 2.48. The zero-order valence-electron chi connectivity index (χ0n) is 10.4. The lowest BCUT2D eigenvalue weighted by Gasteiger charge is -2.10. The molecule has 1 rings (SSSR count). The van der Waals surface area contributed by atoms with Gasteiger partial charge in [-0.15, -0.1) is 0 Å². The Balaban J connectivity index is 3.06. The third-order valence-corrected chi connectivity index (χ3v) is 2.48. The molecule has 104 valence electrons. The molecule has 0 saturated carbocycles. The highest BCUT2D eigenvalue weighted by molar-refractivity contribution is 5.91. The van der Waals surface area contributed by atoms with Crippen LogP contribution in [0.25, 0.3) is 0 Å². The molecule has 0 aliphatic heterocycles. The molecule has 1 aromatic carbocycles. The number of carboxylic acids is 1.